The number of ether oxygens (including phenoxy) is 2. The standard InChI is InChI=1S/C25H31N5O3/c1-18-7-4-5-8-21(18)27-25(31)28-24-11-14-26-30(24)19-12-15-29(16-13-19)17-20-22(32-2)9-6-10-23(20)33-3/h4-11,14,19H,12-13,15-17H2,1-3H3,(H2,27,28,31). The molecule has 33 heavy (non-hydrogen) atoms. The van der Waals surface area contributed by atoms with E-state index in [1.807, 2.05) is 60.1 Å². The van der Waals surface area contributed by atoms with Crippen LogP contribution in [0.4, 0.5) is 16.3 Å². The number of urea groups is 1. The average molecular weight is 450 g/mol. The van der Waals surface area contributed by atoms with Gasteiger partial charge in [0.2, 0.25) is 0 Å². The summed E-state index contributed by atoms with van der Waals surface area (Å²) < 4.78 is 13.0. The minimum Gasteiger partial charge on any atom is -0.496 e. The lowest BCUT2D eigenvalue weighted by molar-refractivity contribution is 0.171. The van der Waals surface area contributed by atoms with Crippen LogP contribution in [0.25, 0.3) is 0 Å². The van der Waals surface area contributed by atoms with Crippen molar-refractivity contribution in [1.29, 1.82) is 0 Å². The van der Waals surface area contributed by atoms with Gasteiger partial charge in [0.05, 0.1) is 32.0 Å². The molecule has 2 heterocycles. The number of likely N-dealkylation sites (tertiary alicyclic amines) is 1. The first kappa shape index (κ1) is 22.7. The van der Waals surface area contributed by atoms with E-state index in [0.717, 1.165) is 60.8 Å². The van der Waals surface area contributed by atoms with Crippen LogP contribution in [0.1, 0.15) is 30.0 Å². The van der Waals surface area contributed by atoms with Crippen LogP contribution >= 0.6 is 0 Å². The lowest BCUT2D eigenvalue weighted by atomic mass is 10.0. The van der Waals surface area contributed by atoms with E-state index in [2.05, 4.69) is 20.6 Å². The van der Waals surface area contributed by atoms with Gasteiger partial charge < -0.3 is 14.8 Å². The van der Waals surface area contributed by atoms with Crippen molar-refractivity contribution in [2.75, 3.05) is 37.9 Å². The van der Waals surface area contributed by atoms with E-state index in [-0.39, 0.29) is 12.1 Å². The predicted octanol–water partition coefficient (Wildman–Crippen LogP) is 4.69. The zero-order valence-corrected chi connectivity index (χ0v) is 19.4. The number of methoxy groups -OCH3 is 2. The maximum Gasteiger partial charge on any atom is 0.324 e. The van der Waals surface area contributed by atoms with Gasteiger partial charge in [-0.1, -0.05) is 24.3 Å². The fourth-order valence-corrected chi connectivity index (χ4v) is 4.32. The second kappa shape index (κ2) is 10.4. The summed E-state index contributed by atoms with van der Waals surface area (Å²) in [4.78, 5) is 14.9. The van der Waals surface area contributed by atoms with E-state index in [9.17, 15) is 4.79 Å². The van der Waals surface area contributed by atoms with Gasteiger partial charge in [0.15, 0.2) is 0 Å². The highest BCUT2D eigenvalue weighted by atomic mass is 16.5. The predicted molar refractivity (Wildman–Crippen MR) is 129 cm³/mol. The maximum atomic E-state index is 12.5. The normalized spacial score (nSPS) is 14.6. The molecule has 1 aliphatic rings. The molecule has 1 fully saturated rings. The molecule has 4 rings (SSSR count). The molecule has 0 atom stereocenters. The molecule has 174 valence electrons. The number of rotatable bonds is 7. The topological polar surface area (TPSA) is 80.7 Å². The van der Waals surface area contributed by atoms with Crippen molar-refractivity contribution in [3.63, 3.8) is 0 Å². The molecular weight excluding hydrogens is 418 g/mol. The van der Waals surface area contributed by atoms with Crippen molar-refractivity contribution >= 4 is 17.5 Å². The van der Waals surface area contributed by atoms with Gasteiger partial charge in [-0.3, -0.25) is 10.2 Å². The molecule has 0 saturated carbocycles. The fraction of sp³-hybridized carbons (Fsp3) is 0.360. The number of para-hydroxylation sites is 1. The van der Waals surface area contributed by atoms with Gasteiger partial charge in [0.1, 0.15) is 17.3 Å². The summed E-state index contributed by atoms with van der Waals surface area (Å²) >= 11 is 0. The van der Waals surface area contributed by atoms with Gasteiger partial charge in [-0.05, 0) is 43.5 Å². The quantitative estimate of drug-likeness (QED) is 0.547. The molecule has 0 spiro atoms. The van der Waals surface area contributed by atoms with Crippen molar-refractivity contribution in [2.24, 2.45) is 0 Å². The number of piperidine rings is 1. The molecule has 2 amide bonds. The molecule has 1 saturated heterocycles. The number of aryl methyl sites for hydroxylation is 1. The van der Waals surface area contributed by atoms with Crippen molar-refractivity contribution in [2.45, 2.75) is 32.4 Å². The molecule has 0 radical (unpaired) electrons. The summed E-state index contributed by atoms with van der Waals surface area (Å²) in [7, 11) is 3.37. The third-order valence-electron chi connectivity index (χ3n) is 6.12. The third kappa shape index (κ3) is 5.28. The zero-order chi connectivity index (χ0) is 23.2. The van der Waals surface area contributed by atoms with Crippen molar-refractivity contribution in [3.05, 3.63) is 65.9 Å². The Hall–Kier alpha value is -3.52. The second-order valence-electron chi connectivity index (χ2n) is 8.20. The SMILES string of the molecule is COc1cccc(OC)c1CN1CCC(n2nccc2NC(=O)Nc2ccccc2C)CC1. The average Bonchev–Trinajstić information content (AvgIpc) is 3.29. The number of carbonyl (C=O) groups excluding carboxylic acids is 1. The zero-order valence-electron chi connectivity index (χ0n) is 19.4. The van der Waals surface area contributed by atoms with Crippen LogP contribution in [0, 0.1) is 6.92 Å². The number of benzene rings is 2. The summed E-state index contributed by atoms with van der Waals surface area (Å²) in [6.45, 7) is 4.57. The number of amides is 2. The minimum atomic E-state index is -0.272. The monoisotopic (exact) mass is 449 g/mol. The molecule has 3 aromatic rings. The number of nitrogens with zero attached hydrogens (tertiary/aromatic N) is 3. The molecule has 8 heteroatoms. The third-order valence-corrected chi connectivity index (χ3v) is 6.12. The Morgan fingerprint density at radius 3 is 2.36 bits per heavy atom. The summed E-state index contributed by atoms with van der Waals surface area (Å²) in [5.74, 6) is 2.38. The van der Waals surface area contributed by atoms with Crippen LogP contribution < -0.4 is 20.1 Å². The Bertz CT molecular complexity index is 1070. The highest BCUT2D eigenvalue weighted by molar-refractivity contribution is 5.99. The summed E-state index contributed by atoms with van der Waals surface area (Å²) in [6, 6.07) is 15.4. The van der Waals surface area contributed by atoms with E-state index in [0.29, 0.717) is 5.82 Å². The van der Waals surface area contributed by atoms with Gasteiger partial charge in [-0.25, -0.2) is 9.48 Å². The minimum absolute atomic E-state index is 0.226. The molecular formula is C25H31N5O3. The second-order valence-corrected chi connectivity index (χ2v) is 8.20. The highest BCUT2D eigenvalue weighted by Crippen LogP contribution is 2.32. The number of hydrogen-bond donors (Lipinski definition) is 2. The Labute approximate surface area is 194 Å². The van der Waals surface area contributed by atoms with E-state index in [1.54, 1.807) is 20.4 Å². The Balaban J connectivity index is 1.36. The molecule has 2 aromatic carbocycles. The van der Waals surface area contributed by atoms with Crippen LogP contribution in [0.5, 0.6) is 11.5 Å². The van der Waals surface area contributed by atoms with Gasteiger partial charge >= 0.3 is 6.03 Å². The van der Waals surface area contributed by atoms with Crippen LogP contribution in [0.2, 0.25) is 0 Å². The number of aromatic nitrogens is 2. The van der Waals surface area contributed by atoms with Crippen molar-refractivity contribution in [1.82, 2.24) is 14.7 Å². The number of carbonyl (C=O) groups is 1. The van der Waals surface area contributed by atoms with Gasteiger partial charge in [-0.15, -0.1) is 0 Å². The van der Waals surface area contributed by atoms with Crippen LogP contribution in [0.15, 0.2) is 54.7 Å². The Kier molecular flexibility index (Phi) is 7.14. The first-order valence-electron chi connectivity index (χ1n) is 11.2. The first-order valence-corrected chi connectivity index (χ1v) is 11.2. The molecule has 0 bridgehead atoms. The molecule has 0 aliphatic carbocycles. The van der Waals surface area contributed by atoms with Crippen LogP contribution in [-0.2, 0) is 6.54 Å². The first-order chi connectivity index (χ1) is 16.1. The lowest BCUT2D eigenvalue weighted by Gasteiger charge is -2.33. The number of anilines is 2. The summed E-state index contributed by atoms with van der Waals surface area (Å²) in [6.07, 6.45) is 3.61. The highest BCUT2D eigenvalue weighted by Gasteiger charge is 2.25. The lowest BCUT2D eigenvalue weighted by Crippen LogP contribution is -2.35. The van der Waals surface area contributed by atoms with E-state index < -0.39 is 0 Å². The fourth-order valence-electron chi connectivity index (χ4n) is 4.32. The van der Waals surface area contributed by atoms with E-state index >= 15 is 0 Å². The number of hydrogen-bond acceptors (Lipinski definition) is 5. The van der Waals surface area contributed by atoms with Crippen molar-refractivity contribution < 1.29 is 14.3 Å². The Morgan fingerprint density at radius 2 is 1.70 bits per heavy atom. The van der Waals surface area contributed by atoms with E-state index in [4.69, 9.17) is 9.47 Å². The van der Waals surface area contributed by atoms with Crippen LogP contribution in [0.3, 0.4) is 0 Å². The van der Waals surface area contributed by atoms with E-state index in [1.165, 1.54) is 0 Å². The van der Waals surface area contributed by atoms with Crippen molar-refractivity contribution in [3.8, 4) is 11.5 Å². The summed E-state index contributed by atoms with van der Waals surface area (Å²) in [5, 5.41) is 10.4. The molecule has 2 N–H and O–H groups in total. The van der Waals surface area contributed by atoms with Gasteiger partial charge in [0.25, 0.3) is 0 Å². The maximum absolute atomic E-state index is 12.5. The number of nitrogens with one attached hydrogen (secondary N) is 2. The smallest absolute Gasteiger partial charge is 0.324 e. The molecule has 8 nitrogen and oxygen atoms in total. The molecule has 0 unspecified atom stereocenters. The Morgan fingerprint density at radius 1 is 1.00 bits per heavy atom. The molecule has 1 aromatic heterocycles. The largest absolute Gasteiger partial charge is 0.496 e. The van der Waals surface area contributed by atoms with Gasteiger partial charge in [0, 0.05) is 31.4 Å². The summed E-state index contributed by atoms with van der Waals surface area (Å²) in [5.41, 5.74) is 2.87. The van der Waals surface area contributed by atoms with Gasteiger partial charge in [-0.2, -0.15) is 5.10 Å². The molecule has 1 aliphatic heterocycles. The van der Waals surface area contributed by atoms with Crippen LogP contribution in [-0.4, -0.2) is 48.0 Å².